The second kappa shape index (κ2) is 7.32. The second-order valence-corrected chi connectivity index (χ2v) is 5.96. The fraction of sp³-hybridized carbons (Fsp3) is 0.167. The predicted octanol–water partition coefficient (Wildman–Crippen LogP) is 3.11. The third-order valence-corrected chi connectivity index (χ3v) is 4.11. The fourth-order valence-electron chi connectivity index (χ4n) is 2.62. The lowest BCUT2D eigenvalue weighted by atomic mass is 10.1. The monoisotopic (exact) mass is 369 g/mol. The molecule has 0 saturated heterocycles. The Kier molecular flexibility index (Phi) is 4.93. The molecule has 0 radical (unpaired) electrons. The highest BCUT2D eigenvalue weighted by atomic mass is 19.1. The van der Waals surface area contributed by atoms with Crippen molar-refractivity contribution in [1.82, 2.24) is 20.3 Å². The highest BCUT2D eigenvalue weighted by molar-refractivity contribution is 5.93. The van der Waals surface area contributed by atoms with Crippen LogP contribution in [0, 0.1) is 22.9 Å². The number of hydrogen-bond acceptors (Lipinski definition) is 5. The number of hydrogen-bond donors (Lipinski definition) is 1. The van der Waals surface area contributed by atoms with Crippen LogP contribution in [0.2, 0.25) is 0 Å². The van der Waals surface area contributed by atoms with Gasteiger partial charge in [0.1, 0.15) is 5.82 Å². The summed E-state index contributed by atoms with van der Waals surface area (Å²) in [7, 11) is 0. The van der Waals surface area contributed by atoms with Gasteiger partial charge in [-0.3, -0.25) is 14.9 Å². The highest BCUT2D eigenvalue weighted by Crippen LogP contribution is 2.19. The number of aromatic nitrogens is 3. The smallest absolute Gasteiger partial charge is 0.274 e. The number of nitro groups is 1. The van der Waals surface area contributed by atoms with Crippen molar-refractivity contribution in [3.63, 3.8) is 0 Å². The second-order valence-electron chi connectivity index (χ2n) is 5.96. The highest BCUT2D eigenvalue weighted by Gasteiger charge is 2.20. The number of nitrogens with one attached hydrogen (secondary N) is 1. The van der Waals surface area contributed by atoms with Crippen molar-refractivity contribution in [3.8, 4) is 5.69 Å². The van der Waals surface area contributed by atoms with Gasteiger partial charge in [-0.05, 0) is 37.6 Å². The zero-order chi connectivity index (χ0) is 19.6. The molecule has 1 N–H and O–H groups in total. The SMILES string of the molecule is Cc1c(C(=O)NC(C)c2ccc(F)cc2)nnn1-c1cccc([N+](=O)[O-])c1. The van der Waals surface area contributed by atoms with E-state index in [9.17, 15) is 19.3 Å². The predicted molar refractivity (Wildman–Crippen MR) is 95.0 cm³/mol. The minimum atomic E-state index is -0.506. The maximum absolute atomic E-state index is 13.0. The van der Waals surface area contributed by atoms with Crippen LogP contribution in [0.1, 0.15) is 34.7 Å². The summed E-state index contributed by atoms with van der Waals surface area (Å²) in [5, 5.41) is 21.5. The van der Waals surface area contributed by atoms with E-state index in [1.54, 1.807) is 32.0 Å². The Labute approximate surface area is 153 Å². The molecule has 1 atom stereocenters. The summed E-state index contributed by atoms with van der Waals surface area (Å²) >= 11 is 0. The molecule has 1 unspecified atom stereocenters. The lowest BCUT2D eigenvalue weighted by Gasteiger charge is -2.13. The number of non-ortho nitro benzene ring substituents is 1. The standard InChI is InChI=1S/C18H16FN5O3/c1-11(13-6-8-14(19)9-7-13)20-18(25)17-12(2)23(22-21-17)15-4-3-5-16(10-15)24(26)27/h3-11H,1-2H3,(H,20,25). The van der Waals surface area contributed by atoms with E-state index < -0.39 is 10.8 Å². The molecular weight excluding hydrogens is 353 g/mol. The fourth-order valence-corrected chi connectivity index (χ4v) is 2.62. The van der Waals surface area contributed by atoms with Gasteiger partial charge in [-0.1, -0.05) is 23.4 Å². The summed E-state index contributed by atoms with van der Waals surface area (Å²) in [5.74, 6) is -0.797. The first-order valence-corrected chi connectivity index (χ1v) is 8.10. The van der Waals surface area contributed by atoms with E-state index in [1.165, 1.54) is 35.0 Å². The number of nitrogens with zero attached hydrogens (tertiary/aromatic N) is 4. The molecule has 138 valence electrons. The number of halogens is 1. The van der Waals surface area contributed by atoms with Gasteiger partial charge < -0.3 is 5.32 Å². The zero-order valence-corrected chi connectivity index (χ0v) is 14.6. The molecule has 3 aromatic rings. The average Bonchev–Trinajstić information content (AvgIpc) is 3.03. The summed E-state index contributed by atoms with van der Waals surface area (Å²) in [6.45, 7) is 3.42. The molecule has 0 fully saturated rings. The van der Waals surface area contributed by atoms with Crippen LogP contribution in [-0.2, 0) is 0 Å². The summed E-state index contributed by atoms with van der Waals surface area (Å²) < 4.78 is 14.4. The van der Waals surface area contributed by atoms with Crippen molar-refractivity contribution >= 4 is 11.6 Å². The molecule has 0 bridgehead atoms. The van der Waals surface area contributed by atoms with E-state index in [0.717, 1.165) is 5.56 Å². The number of amides is 1. The molecule has 3 rings (SSSR count). The van der Waals surface area contributed by atoms with Gasteiger partial charge in [0.05, 0.1) is 22.3 Å². The molecule has 8 nitrogen and oxygen atoms in total. The Morgan fingerprint density at radius 1 is 1.26 bits per heavy atom. The van der Waals surface area contributed by atoms with Crippen LogP contribution in [-0.4, -0.2) is 25.8 Å². The molecule has 0 spiro atoms. The van der Waals surface area contributed by atoms with Gasteiger partial charge in [0.25, 0.3) is 11.6 Å². The van der Waals surface area contributed by atoms with Crippen LogP contribution in [0.4, 0.5) is 10.1 Å². The van der Waals surface area contributed by atoms with Crippen molar-refractivity contribution < 1.29 is 14.1 Å². The number of rotatable bonds is 5. The quantitative estimate of drug-likeness (QED) is 0.550. The van der Waals surface area contributed by atoms with E-state index in [1.807, 2.05) is 0 Å². The lowest BCUT2D eigenvalue weighted by Crippen LogP contribution is -2.27. The first-order valence-electron chi connectivity index (χ1n) is 8.10. The van der Waals surface area contributed by atoms with Crippen molar-refractivity contribution in [2.75, 3.05) is 0 Å². The first kappa shape index (κ1) is 18.2. The molecule has 0 aliphatic carbocycles. The van der Waals surface area contributed by atoms with Crippen LogP contribution >= 0.6 is 0 Å². The number of nitro benzene ring substituents is 1. The maximum atomic E-state index is 13.0. The molecule has 9 heteroatoms. The minimum Gasteiger partial charge on any atom is -0.344 e. The first-order chi connectivity index (χ1) is 12.9. The van der Waals surface area contributed by atoms with Crippen molar-refractivity contribution in [2.45, 2.75) is 19.9 Å². The van der Waals surface area contributed by atoms with Gasteiger partial charge in [-0.25, -0.2) is 9.07 Å². The summed E-state index contributed by atoms with van der Waals surface area (Å²) in [6.07, 6.45) is 0. The van der Waals surface area contributed by atoms with E-state index >= 15 is 0 Å². The minimum absolute atomic E-state index is 0.0849. The Hall–Kier alpha value is -3.62. The molecule has 2 aromatic carbocycles. The maximum Gasteiger partial charge on any atom is 0.274 e. The molecule has 1 aromatic heterocycles. The van der Waals surface area contributed by atoms with Crippen molar-refractivity contribution in [3.05, 3.63) is 81.4 Å². The summed E-state index contributed by atoms with van der Waals surface area (Å²) in [4.78, 5) is 23.0. The van der Waals surface area contributed by atoms with Crippen molar-refractivity contribution in [1.29, 1.82) is 0 Å². The van der Waals surface area contributed by atoms with Crippen molar-refractivity contribution in [2.24, 2.45) is 0 Å². The van der Waals surface area contributed by atoms with E-state index in [0.29, 0.717) is 11.4 Å². The van der Waals surface area contributed by atoms with Crippen LogP contribution in [0.3, 0.4) is 0 Å². The van der Waals surface area contributed by atoms with E-state index in [-0.39, 0.29) is 23.2 Å². The van der Waals surface area contributed by atoms with E-state index in [4.69, 9.17) is 0 Å². The molecule has 0 aliphatic heterocycles. The third-order valence-electron chi connectivity index (χ3n) is 4.11. The molecule has 27 heavy (non-hydrogen) atoms. The van der Waals surface area contributed by atoms with Crippen LogP contribution < -0.4 is 5.32 Å². The molecule has 1 heterocycles. The Bertz CT molecular complexity index is 1000. The van der Waals surface area contributed by atoms with Gasteiger partial charge in [0.15, 0.2) is 5.69 Å². The lowest BCUT2D eigenvalue weighted by molar-refractivity contribution is -0.384. The molecule has 0 aliphatic rings. The van der Waals surface area contributed by atoms with E-state index in [2.05, 4.69) is 15.6 Å². The van der Waals surface area contributed by atoms with Crippen LogP contribution in [0.25, 0.3) is 5.69 Å². The van der Waals surface area contributed by atoms with Gasteiger partial charge in [-0.2, -0.15) is 0 Å². The number of benzene rings is 2. The van der Waals surface area contributed by atoms with Gasteiger partial charge in [-0.15, -0.1) is 5.10 Å². The Morgan fingerprint density at radius 2 is 1.96 bits per heavy atom. The number of carbonyl (C=O) groups is 1. The van der Waals surface area contributed by atoms with Crippen LogP contribution in [0.5, 0.6) is 0 Å². The normalized spacial score (nSPS) is 11.8. The molecule has 1 amide bonds. The third kappa shape index (κ3) is 3.81. The molecular formula is C18H16FN5O3. The Morgan fingerprint density at radius 3 is 2.63 bits per heavy atom. The molecule has 0 saturated carbocycles. The number of carbonyl (C=O) groups excluding carboxylic acids is 1. The summed E-state index contributed by atoms with van der Waals surface area (Å²) in [5.41, 5.74) is 1.64. The van der Waals surface area contributed by atoms with Gasteiger partial charge in [0, 0.05) is 12.1 Å². The Balaban J connectivity index is 1.82. The van der Waals surface area contributed by atoms with Crippen LogP contribution in [0.15, 0.2) is 48.5 Å². The average molecular weight is 369 g/mol. The van der Waals surface area contributed by atoms with Gasteiger partial charge in [0.2, 0.25) is 0 Å². The van der Waals surface area contributed by atoms with Gasteiger partial charge >= 0.3 is 0 Å². The zero-order valence-electron chi connectivity index (χ0n) is 14.6. The summed E-state index contributed by atoms with van der Waals surface area (Å²) in [6, 6.07) is 11.4. The topological polar surface area (TPSA) is 103 Å². The largest absolute Gasteiger partial charge is 0.344 e.